The van der Waals surface area contributed by atoms with Crippen molar-refractivity contribution in [3.63, 3.8) is 0 Å². The Morgan fingerprint density at radius 2 is 2.03 bits per heavy atom. The number of amides is 3. The Balaban J connectivity index is 1.46. The molecule has 1 aliphatic heterocycles. The van der Waals surface area contributed by atoms with Gasteiger partial charge in [0.05, 0.1) is 12.8 Å². The average molecular weight is 416 g/mol. The first-order valence-corrected chi connectivity index (χ1v) is 9.96. The van der Waals surface area contributed by atoms with Crippen LogP contribution in [0.25, 0.3) is 0 Å². The van der Waals surface area contributed by atoms with Gasteiger partial charge < -0.3 is 14.2 Å². The van der Waals surface area contributed by atoms with Crippen LogP contribution in [0.4, 0.5) is 5.69 Å². The van der Waals surface area contributed by atoms with Gasteiger partial charge >= 0.3 is 0 Å². The first kappa shape index (κ1) is 19.5. The molecule has 2 aromatic rings. The predicted octanol–water partition coefficient (Wildman–Crippen LogP) is 2.81. The number of carbonyl (C=O) groups excluding carboxylic acids is 3. The molecule has 0 N–H and O–H groups in total. The second-order valence-electron chi connectivity index (χ2n) is 7.49. The number of hydrogen-bond acceptors (Lipinski definition) is 4. The van der Waals surface area contributed by atoms with Gasteiger partial charge in [0, 0.05) is 16.6 Å². The summed E-state index contributed by atoms with van der Waals surface area (Å²) in [5.41, 5.74) is 1.49. The number of furan rings is 1. The van der Waals surface area contributed by atoms with Crippen LogP contribution in [0.3, 0.4) is 0 Å². The number of rotatable bonds is 6. The highest BCUT2D eigenvalue weighted by Crippen LogP contribution is 2.32. The van der Waals surface area contributed by atoms with Gasteiger partial charge in [-0.15, -0.1) is 0 Å². The standard InChI is InChI=1S/C21H22ClN3O4/c1-14-17(22)5-2-6-18(14)25-13-24(12-20(25)27)19(26)11-23(21(28)15-7-8-15)10-16-4-3-9-29-16/h2-6,9,15H,7-8,10-13H2,1H3. The fourth-order valence-corrected chi connectivity index (χ4v) is 3.64. The third-order valence-corrected chi connectivity index (χ3v) is 5.72. The summed E-state index contributed by atoms with van der Waals surface area (Å²) in [6, 6.07) is 8.89. The van der Waals surface area contributed by atoms with Gasteiger partial charge in [-0.1, -0.05) is 17.7 Å². The van der Waals surface area contributed by atoms with Gasteiger partial charge in [-0.3, -0.25) is 19.3 Å². The van der Waals surface area contributed by atoms with Crippen LogP contribution in [0.1, 0.15) is 24.2 Å². The minimum Gasteiger partial charge on any atom is -0.467 e. The van der Waals surface area contributed by atoms with Gasteiger partial charge in [0.1, 0.15) is 25.5 Å². The lowest BCUT2D eigenvalue weighted by atomic mass is 10.2. The van der Waals surface area contributed by atoms with Crippen molar-refractivity contribution in [2.24, 2.45) is 5.92 Å². The van der Waals surface area contributed by atoms with E-state index in [1.807, 2.05) is 13.0 Å². The summed E-state index contributed by atoms with van der Waals surface area (Å²) in [6.07, 6.45) is 3.25. The Bertz CT molecular complexity index is 939. The number of carbonyl (C=O) groups is 3. The Morgan fingerprint density at radius 3 is 2.72 bits per heavy atom. The molecule has 8 heteroatoms. The lowest BCUT2D eigenvalue weighted by Crippen LogP contribution is -2.43. The second-order valence-corrected chi connectivity index (χ2v) is 7.89. The highest BCUT2D eigenvalue weighted by atomic mass is 35.5. The van der Waals surface area contributed by atoms with Crippen LogP contribution in [0.2, 0.25) is 5.02 Å². The van der Waals surface area contributed by atoms with E-state index in [-0.39, 0.29) is 49.9 Å². The fraction of sp³-hybridized carbons (Fsp3) is 0.381. The molecular formula is C21H22ClN3O4. The van der Waals surface area contributed by atoms with Crippen molar-refractivity contribution in [2.75, 3.05) is 24.7 Å². The van der Waals surface area contributed by atoms with Gasteiger partial charge in [-0.2, -0.15) is 0 Å². The van der Waals surface area contributed by atoms with Crippen LogP contribution < -0.4 is 4.90 Å². The van der Waals surface area contributed by atoms with E-state index in [0.717, 1.165) is 18.4 Å². The topological polar surface area (TPSA) is 74.1 Å². The summed E-state index contributed by atoms with van der Waals surface area (Å²) in [7, 11) is 0. The van der Waals surface area contributed by atoms with Crippen molar-refractivity contribution in [1.29, 1.82) is 0 Å². The van der Waals surface area contributed by atoms with Crippen LogP contribution in [0.15, 0.2) is 41.0 Å². The van der Waals surface area contributed by atoms with Crippen LogP contribution in [-0.4, -0.2) is 47.3 Å². The molecule has 3 amide bonds. The monoisotopic (exact) mass is 415 g/mol. The van der Waals surface area contributed by atoms with Gasteiger partial charge in [0.25, 0.3) is 0 Å². The van der Waals surface area contributed by atoms with Crippen LogP contribution in [0, 0.1) is 12.8 Å². The Kier molecular flexibility index (Phi) is 5.32. The van der Waals surface area contributed by atoms with Crippen molar-refractivity contribution in [2.45, 2.75) is 26.3 Å². The summed E-state index contributed by atoms with van der Waals surface area (Å²) in [5.74, 6) is 0.141. The maximum Gasteiger partial charge on any atom is 0.248 e. The number of nitrogens with zero attached hydrogens (tertiary/aromatic N) is 3. The molecule has 0 bridgehead atoms. The molecule has 1 saturated heterocycles. The molecule has 2 fully saturated rings. The molecule has 1 aliphatic carbocycles. The first-order chi connectivity index (χ1) is 13.9. The van der Waals surface area contributed by atoms with Crippen molar-refractivity contribution in [3.8, 4) is 0 Å². The smallest absolute Gasteiger partial charge is 0.248 e. The maximum absolute atomic E-state index is 12.9. The molecule has 2 aliphatic rings. The van der Waals surface area contributed by atoms with E-state index < -0.39 is 0 Å². The first-order valence-electron chi connectivity index (χ1n) is 9.58. The normalized spacial score (nSPS) is 16.4. The molecule has 0 atom stereocenters. The maximum atomic E-state index is 12.9. The van der Waals surface area contributed by atoms with Gasteiger partial charge in [0.15, 0.2) is 0 Å². The molecule has 0 unspecified atom stereocenters. The van der Waals surface area contributed by atoms with Crippen molar-refractivity contribution in [1.82, 2.24) is 9.80 Å². The highest BCUT2D eigenvalue weighted by Gasteiger charge is 2.37. The molecule has 1 aromatic carbocycles. The predicted molar refractivity (Wildman–Crippen MR) is 107 cm³/mol. The zero-order valence-corrected chi connectivity index (χ0v) is 16.9. The van der Waals surface area contributed by atoms with Crippen LogP contribution in [0.5, 0.6) is 0 Å². The lowest BCUT2D eigenvalue weighted by Gasteiger charge is -2.25. The number of hydrogen-bond donors (Lipinski definition) is 0. The molecule has 0 spiro atoms. The molecule has 1 saturated carbocycles. The summed E-state index contributed by atoms with van der Waals surface area (Å²) in [5, 5.41) is 0.569. The van der Waals surface area contributed by atoms with E-state index >= 15 is 0 Å². The lowest BCUT2D eigenvalue weighted by molar-refractivity contribution is -0.141. The summed E-state index contributed by atoms with van der Waals surface area (Å²) in [6.45, 7) is 2.13. The minimum absolute atomic E-state index is 0.0106. The summed E-state index contributed by atoms with van der Waals surface area (Å²) >= 11 is 6.17. The number of halogens is 1. The molecule has 29 heavy (non-hydrogen) atoms. The Hall–Kier alpha value is -2.80. The molecular weight excluding hydrogens is 394 g/mol. The molecule has 152 valence electrons. The average Bonchev–Trinajstić information content (AvgIpc) is 3.29. The molecule has 1 aromatic heterocycles. The van der Waals surface area contributed by atoms with E-state index in [2.05, 4.69) is 0 Å². The van der Waals surface area contributed by atoms with E-state index in [0.29, 0.717) is 16.5 Å². The Morgan fingerprint density at radius 1 is 1.24 bits per heavy atom. The molecule has 7 nitrogen and oxygen atoms in total. The molecule has 0 radical (unpaired) electrons. The van der Waals surface area contributed by atoms with Crippen molar-refractivity contribution < 1.29 is 18.8 Å². The largest absolute Gasteiger partial charge is 0.467 e. The quantitative estimate of drug-likeness (QED) is 0.727. The Labute approximate surface area is 173 Å². The van der Waals surface area contributed by atoms with Crippen molar-refractivity contribution in [3.05, 3.63) is 52.9 Å². The van der Waals surface area contributed by atoms with E-state index in [1.165, 1.54) is 9.80 Å². The molecule has 2 heterocycles. The van der Waals surface area contributed by atoms with Crippen LogP contribution in [-0.2, 0) is 20.9 Å². The number of benzene rings is 1. The van der Waals surface area contributed by atoms with Gasteiger partial charge in [0.2, 0.25) is 17.7 Å². The second kappa shape index (κ2) is 7.91. The van der Waals surface area contributed by atoms with Gasteiger partial charge in [-0.05, 0) is 49.6 Å². The van der Waals surface area contributed by atoms with E-state index in [4.69, 9.17) is 16.0 Å². The summed E-state index contributed by atoms with van der Waals surface area (Å²) < 4.78 is 5.34. The number of anilines is 1. The zero-order valence-electron chi connectivity index (χ0n) is 16.1. The zero-order chi connectivity index (χ0) is 20.5. The minimum atomic E-state index is -0.263. The van der Waals surface area contributed by atoms with Gasteiger partial charge in [-0.25, -0.2) is 0 Å². The van der Waals surface area contributed by atoms with Crippen molar-refractivity contribution >= 4 is 35.0 Å². The highest BCUT2D eigenvalue weighted by molar-refractivity contribution is 6.31. The molecule has 4 rings (SSSR count). The third-order valence-electron chi connectivity index (χ3n) is 5.31. The van der Waals surface area contributed by atoms with E-state index in [1.54, 1.807) is 35.4 Å². The summed E-state index contributed by atoms with van der Waals surface area (Å²) in [4.78, 5) is 42.6. The van der Waals surface area contributed by atoms with E-state index in [9.17, 15) is 14.4 Å². The SMILES string of the molecule is Cc1c(Cl)cccc1N1CN(C(=O)CN(Cc2ccco2)C(=O)C2CC2)CC1=O. The fourth-order valence-electron chi connectivity index (χ4n) is 3.47. The van der Waals surface area contributed by atoms with Crippen LogP contribution >= 0.6 is 11.6 Å². The third kappa shape index (κ3) is 4.15.